The standard InChI is InChI=1S/C15H21FN2S/c1-14(2)11(15(14,3)4)8-18-10-7-5-6-9(16)12(10)13(17)19/h5-7,11,18H,8H2,1-4H3,(H2,17,19). The lowest BCUT2D eigenvalue weighted by Crippen LogP contribution is -2.17. The van der Waals surface area contributed by atoms with Crippen molar-refractivity contribution in [3.8, 4) is 0 Å². The minimum absolute atomic E-state index is 0.0925. The zero-order valence-corrected chi connectivity index (χ0v) is 12.7. The van der Waals surface area contributed by atoms with Crippen LogP contribution in [0.3, 0.4) is 0 Å². The molecule has 19 heavy (non-hydrogen) atoms. The van der Waals surface area contributed by atoms with Gasteiger partial charge < -0.3 is 11.1 Å². The molecule has 1 aliphatic rings. The molecule has 4 heteroatoms. The van der Waals surface area contributed by atoms with E-state index >= 15 is 0 Å². The maximum Gasteiger partial charge on any atom is 0.135 e. The van der Waals surface area contributed by atoms with Crippen molar-refractivity contribution in [3.05, 3.63) is 29.6 Å². The lowest BCUT2D eigenvalue weighted by Gasteiger charge is -2.12. The molecule has 0 saturated heterocycles. The van der Waals surface area contributed by atoms with Gasteiger partial charge in [0, 0.05) is 12.2 Å². The fourth-order valence-electron chi connectivity index (χ4n) is 2.98. The summed E-state index contributed by atoms with van der Waals surface area (Å²) in [5, 5.41) is 3.30. The lowest BCUT2D eigenvalue weighted by atomic mass is 10.0. The van der Waals surface area contributed by atoms with Gasteiger partial charge in [-0.1, -0.05) is 46.0 Å². The summed E-state index contributed by atoms with van der Waals surface area (Å²) in [7, 11) is 0. The van der Waals surface area contributed by atoms with Crippen LogP contribution in [0.25, 0.3) is 0 Å². The molecule has 0 unspecified atom stereocenters. The molecule has 1 aromatic carbocycles. The summed E-state index contributed by atoms with van der Waals surface area (Å²) in [5.74, 6) is 0.189. The second-order valence-corrected chi connectivity index (χ2v) is 6.84. The third-order valence-corrected chi connectivity index (χ3v) is 5.28. The normalized spacial score (nSPS) is 20.1. The van der Waals surface area contributed by atoms with Gasteiger partial charge in [0.2, 0.25) is 0 Å². The van der Waals surface area contributed by atoms with E-state index in [0.717, 1.165) is 6.54 Å². The molecule has 1 fully saturated rings. The Bertz CT molecular complexity index is 509. The Labute approximate surface area is 119 Å². The molecule has 3 N–H and O–H groups in total. The van der Waals surface area contributed by atoms with Crippen molar-refractivity contribution in [2.45, 2.75) is 27.7 Å². The molecule has 0 atom stereocenters. The average Bonchev–Trinajstić information content (AvgIpc) is 2.66. The maximum absolute atomic E-state index is 13.7. The van der Waals surface area contributed by atoms with Crippen LogP contribution in [0.2, 0.25) is 0 Å². The van der Waals surface area contributed by atoms with Crippen LogP contribution in [-0.4, -0.2) is 11.5 Å². The van der Waals surface area contributed by atoms with Crippen LogP contribution in [-0.2, 0) is 0 Å². The molecule has 0 radical (unpaired) electrons. The first-order valence-electron chi connectivity index (χ1n) is 6.51. The summed E-state index contributed by atoms with van der Waals surface area (Å²) in [6.07, 6.45) is 0. The fourth-order valence-corrected chi connectivity index (χ4v) is 3.18. The van der Waals surface area contributed by atoms with Crippen molar-refractivity contribution < 1.29 is 4.39 Å². The number of thiocarbonyl (C=S) groups is 1. The number of nitrogens with one attached hydrogen (secondary N) is 1. The van der Waals surface area contributed by atoms with Crippen LogP contribution in [0.4, 0.5) is 10.1 Å². The van der Waals surface area contributed by atoms with Crippen molar-refractivity contribution in [1.82, 2.24) is 0 Å². The quantitative estimate of drug-likeness (QED) is 0.828. The van der Waals surface area contributed by atoms with Crippen LogP contribution in [0, 0.1) is 22.6 Å². The summed E-state index contributed by atoms with van der Waals surface area (Å²) in [5.41, 5.74) is 7.20. The van der Waals surface area contributed by atoms with Gasteiger partial charge in [0.05, 0.1) is 5.56 Å². The SMILES string of the molecule is CC1(C)C(CNc2cccc(F)c2C(N)=S)C1(C)C. The predicted octanol–water partition coefficient (Wildman–Crippen LogP) is 3.55. The van der Waals surface area contributed by atoms with Gasteiger partial charge >= 0.3 is 0 Å². The van der Waals surface area contributed by atoms with Crippen LogP contribution in [0.5, 0.6) is 0 Å². The fraction of sp³-hybridized carbons (Fsp3) is 0.533. The van der Waals surface area contributed by atoms with E-state index in [-0.39, 0.29) is 10.8 Å². The predicted molar refractivity (Wildman–Crippen MR) is 81.8 cm³/mol. The number of hydrogen-bond donors (Lipinski definition) is 2. The molecule has 0 heterocycles. The largest absolute Gasteiger partial charge is 0.389 e. The summed E-state index contributed by atoms with van der Waals surface area (Å²) in [4.78, 5) is 0.0925. The van der Waals surface area contributed by atoms with Crippen LogP contribution in [0.15, 0.2) is 18.2 Å². The minimum atomic E-state index is -0.369. The van der Waals surface area contributed by atoms with Crippen LogP contribution >= 0.6 is 12.2 Å². The number of anilines is 1. The summed E-state index contributed by atoms with van der Waals surface area (Å²) >= 11 is 4.92. The van der Waals surface area contributed by atoms with E-state index in [1.807, 2.05) is 6.07 Å². The van der Waals surface area contributed by atoms with Crippen molar-refractivity contribution >= 4 is 22.9 Å². The molecule has 2 rings (SSSR count). The third kappa shape index (κ3) is 2.22. The highest BCUT2D eigenvalue weighted by Gasteiger charge is 2.64. The number of rotatable bonds is 4. The Morgan fingerprint density at radius 3 is 2.37 bits per heavy atom. The van der Waals surface area contributed by atoms with Crippen LogP contribution in [0.1, 0.15) is 33.3 Å². The molecule has 0 spiro atoms. The maximum atomic E-state index is 13.7. The van der Waals surface area contributed by atoms with Crippen molar-refractivity contribution in [2.24, 2.45) is 22.5 Å². The van der Waals surface area contributed by atoms with E-state index < -0.39 is 0 Å². The zero-order valence-electron chi connectivity index (χ0n) is 11.9. The lowest BCUT2D eigenvalue weighted by molar-refractivity contribution is 0.457. The minimum Gasteiger partial charge on any atom is -0.389 e. The molecule has 2 nitrogen and oxygen atoms in total. The van der Waals surface area contributed by atoms with Gasteiger partial charge in [0.1, 0.15) is 10.8 Å². The second-order valence-electron chi connectivity index (χ2n) is 6.40. The molecular weight excluding hydrogens is 259 g/mol. The van der Waals surface area contributed by atoms with E-state index in [2.05, 4.69) is 33.0 Å². The number of halogens is 1. The second kappa shape index (κ2) is 4.44. The molecule has 104 valence electrons. The molecule has 0 amide bonds. The first kappa shape index (κ1) is 14.3. The molecule has 1 saturated carbocycles. The van der Waals surface area contributed by atoms with Gasteiger partial charge in [0.15, 0.2) is 0 Å². The smallest absolute Gasteiger partial charge is 0.135 e. The topological polar surface area (TPSA) is 38.0 Å². The molecule has 0 bridgehead atoms. The Balaban J connectivity index is 2.14. The van der Waals surface area contributed by atoms with Gasteiger partial charge in [-0.25, -0.2) is 4.39 Å². The molecule has 0 aromatic heterocycles. The van der Waals surface area contributed by atoms with E-state index in [9.17, 15) is 4.39 Å². The first-order chi connectivity index (χ1) is 8.69. The summed E-state index contributed by atoms with van der Waals surface area (Å²) in [6, 6.07) is 4.87. The van der Waals surface area contributed by atoms with Crippen LogP contribution < -0.4 is 11.1 Å². The Kier molecular flexibility index (Phi) is 3.33. The van der Waals surface area contributed by atoms with E-state index in [4.69, 9.17) is 18.0 Å². The first-order valence-corrected chi connectivity index (χ1v) is 6.92. The molecular formula is C15H21FN2S. The third-order valence-electron chi connectivity index (χ3n) is 5.08. The monoisotopic (exact) mass is 280 g/mol. The van der Waals surface area contributed by atoms with Gasteiger partial charge in [-0.3, -0.25) is 0 Å². The number of hydrogen-bond acceptors (Lipinski definition) is 2. The molecule has 1 aromatic rings. The summed E-state index contributed by atoms with van der Waals surface area (Å²) in [6.45, 7) is 9.86. The van der Waals surface area contributed by atoms with E-state index in [0.29, 0.717) is 28.0 Å². The highest BCUT2D eigenvalue weighted by atomic mass is 32.1. The van der Waals surface area contributed by atoms with Gasteiger partial charge in [-0.05, 0) is 28.9 Å². The van der Waals surface area contributed by atoms with Gasteiger partial charge in [-0.2, -0.15) is 0 Å². The highest BCUT2D eigenvalue weighted by Crippen LogP contribution is 2.68. The Morgan fingerprint density at radius 1 is 1.32 bits per heavy atom. The molecule has 1 aliphatic carbocycles. The van der Waals surface area contributed by atoms with Crippen molar-refractivity contribution in [3.63, 3.8) is 0 Å². The van der Waals surface area contributed by atoms with E-state index in [1.165, 1.54) is 6.07 Å². The van der Waals surface area contributed by atoms with E-state index in [1.54, 1.807) is 6.07 Å². The number of benzene rings is 1. The average molecular weight is 280 g/mol. The van der Waals surface area contributed by atoms with Gasteiger partial charge in [0.25, 0.3) is 0 Å². The summed E-state index contributed by atoms with van der Waals surface area (Å²) < 4.78 is 13.7. The van der Waals surface area contributed by atoms with Crippen molar-refractivity contribution in [1.29, 1.82) is 0 Å². The number of nitrogens with two attached hydrogens (primary N) is 1. The Morgan fingerprint density at radius 2 is 1.89 bits per heavy atom. The molecule has 0 aliphatic heterocycles. The zero-order chi connectivity index (χ0) is 14.4. The van der Waals surface area contributed by atoms with Crippen molar-refractivity contribution in [2.75, 3.05) is 11.9 Å². The highest BCUT2D eigenvalue weighted by molar-refractivity contribution is 7.80. The Hall–Kier alpha value is -1.16. The van der Waals surface area contributed by atoms with Gasteiger partial charge in [-0.15, -0.1) is 0 Å².